The zero-order valence-corrected chi connectivity index (χ0v) is 11.0. The molecule has 1 aromatic heterocycles. The summed E-state index contributed by atoms with van der Waals surface area (Å²) < 4.78 is 2.52. The van der Waals surface area contributed by atoms with Gasteiger partial charge in [-0.25, -0.2) is 0 Å². The smallest absolute Gasteiger partial charge is 0.273 e. The van der Waals surface area contributed by atoms with Crippen molar-refractivity contribution in [1.29, 1.82) is 0 Å². The molecule has 2 aromatic rings. The highest BCUT2D eigenvalue weighted by atomic mass is 35.5. The molecule has 7 heteroatoms. The van der Waals surface area contributed by atoms with Gasteiger partial charge < -0.3 is 10.6 Å². The molecule has 0 aliphatic rings. The standard InChI is InChI=1S/C11H10ClN3O2S/c1-13-9(16)8-10(17)15-18-11(8)14-7-4-2-3-6(12)5-7/h2-5,14H,1H3,(H,13,16)(H,15,17). The number of benzene rings is 1. The monoisotopic (exact) mass is 283 g/mol. The van der Waals surface area contributed by atoms with Gasteiger partial charge >= 0.3 is 0 Å². The van der Waals surface area contributed by atoms with Crippen molar-refractivity contribution in [2.45, 2.75) is 0 Å². The summed E-state index contributed by atoms with van der Waals surface area (Å²) in [6.07, 6.45) is 0. The molecule has 0 unspecified atom stereocenters. The summed E-state index contributed by atoms with van der Waals surface area (Å²) in [7, 11) is 1.47. The van der Waals surface area contributed by atoms with E-state index in [1.807, 2.05) is 0 Å². The summed E-state index contributed by atoms with van der Waals surface area (Å²) in [5, 5.41) is 6.45. The molecule has 1 amide bonds. The summed E-state index contributed by atoms with van der Waals surface area (Å²) in [6.45, 7) is 0. The Morgan fingerprint density at radius 2 is 2.22 bits per heavy atom. The molecule has 0 atom stereocenters. The van der Waals surface area contributed by atoms with Crippen LogP contribution in [-0.4, -0.2) is 17.3 Å². The van der Waals surface area contributed by atoms with Crippen molar-refractivity contribution in [1.82, 2.24) is 9.69 Å². The number of aromatic amines is 1. The lowest BCUT2D eigenvalue weighted by Gasteiger charge is -2.05. The Labute approximate surface area is 112 Å². The fourth-order valence-corrected chi connectivity index (χ4v) is 2.36. The second-order valence-electron chi connectivity index (χ2n) is 3.45. The first-order valence-electron chi connectivity index (χ1n) is 5.08. The van der Waals surface area contributed by atoms with E-state index in [9.17, 15) is 9.59 Å². The fourth-order valence-electron chi connectivity index (χ4n) is 1.42. The number of nitrogens with one attached hydrogen (secondary N) is 3. The molecule has 5 nitrogen and oxygen atoms in total. The van der Waals surface area contributed by atoms with Crippen molar-refractivity contribution in [3.8, 4) is 0 Å². The maximum Gasteiger partial charge on any atom is 0.273 e. The van der Waals surface area contributed by atoms with Crippen LogP contribution in [0.15, 0.2) is 29.1 Å². The number of amides is 1. The quantitative estimate of drug-likeness (QED) is 0.808. The van der Waals surface area contributed by atoms with Crippen molar-refractivity contribution in [3.05, 3.63) is 45.2 Å². The summed E-state index contributed by atoms with van der Waals surface area (Å²) >= 11 is 6.93. The summed E-state index contributed by atoms with van der Waals surface area (Å²) in [6, 6.07) is 7.02. The first-order chi connectivity index (χ1) is 8.61. The molecular formula is C11H10ClN3O2S. The van der Waals surface area contributed by atoms with Crippen LogP contribution < -0.4 is 16.2 Å². The minimum atomic E-state index is -0.429. The zero-order valence-electron chi connectivity index (χ0n) is 9.41. The van der Waals surface area contributed by atoms with Crippen molar-refractivity contribution in [2.24, 2.45) is 0 Å². The molecule has 3 N–H and O–H groups in total. The number of anilines is 2. The molecule has 0 aliphatic heterocycles. The summed E-state index contributed by atoms with van der Waals surface area (Å²) in [5.74, 6) is -0.429. The van der Waals surface area contributed by atoms with Crippen molar-refractivity contribution >= 4 is 39.7 Å². The lowest BCUT2D eigenvalue weighted by atomic mass is 10.3. The zero-order chi connectivity index (χ0) is 13.1. The number of rotatable bonds is 3. The highest BCUT2D eigenvalue weighted by Crippen LogP contribution is 2.24. The maximum absolute atomic E-state index is 11.6. The molecule has 0 aliphatic carbocycles. The summed E-state index contributed by atoms with van der Waals surface area (Å²) in [5.41, 5.74) is 0.370. The highest BCUT2D eigenvalue weighted by molar-refractivity contribution is 7.10. The number of hydrogen-bond donors (Lipinski definition) is 3. The second-order valence-corrected chi connectivity index (χ2v) is 4.70. The first-order valence-corrected chi connectivity index (χ1v) is 6.27. The number of halogens is 1. The van der Waals surface area contributed by atoms with Gasteiger partial charge in [0.15, 0.2) is 0 Å². The molecule has 0 fully saturated rings. The van der Waals surface area contributed by atoms with E-state index in [4.69, 9.17) is 11.6 Å². The van der Waals surface area contributed by atoms with Gasteiger partial charge in [0.1, 0.15) is 10.6 Å². The van der Waals surface area contributed by atoms with Crippen molar-refractivity contribution in [2.75, 3.05) is 12.4 Å². The SMILES string of the molecule is CNC(=O)c1c(Nc2cccc(Cl)c2)s[nH]c1=O. The lowest BCUT2D eigenvalue weighted by Crippen LogP contribution is -2.24. The average Bonchev–Trinajstić information content (AvgIpc) is 2.70. The minimum absolute atomic E-state index is 0.0717. The predicted octanol–water partition coefficient (Wildman–Crippen LogP) is 2.19. The van der Waals surface area contributed by atoms with Gasteiger partial charge in [0.05, 0.1) is 0 Å². The third-order valence-corrected chi connectivity index (χ3v) is 3.27. The Balaban J connectivity index is 2.35. The van der Waals surface area contributed by atoms with E-state index in [-0.39, 0.29) is 5.56 Å². The highest BCUT2D eigenvalue weighted by Gasteiger charge is 2.17. The van der Waals surface area contributed by atoms with Gasteiger partial charge in [-0.05, 0) is 29.7 Å². The normalized spacial score (nSPS) is 10.1. The largest absolute Gasteiger partial charge is 0.355 e. The Bertz CT molecular complexity index is 635. The van der Waals surface area contributed by atoms with Crippen LogP contribution in [-0.2, 0) is 0 Å². The molecule has 0 spiro atoms. The van der Waals surface area contributed by atoms with Crippen LogP contribution in [0.25, 0.3) is 0 Å². The molecule has 0 saturated heterocycles. The van der Waals surface area contributed by atoms with Crippen LogP contribution in [0.4, 0.5) is 10.7 Å². The van der Waals surface area contributed by atoms with Gasteiger partial charge in [-0.3, -0.25) is 14.0 Å². The topological polar surface area (TPSA) is 74.0 Å². The number of hydrogen-bond acceptors (Lipinski definition) is 4. The maximum atomic E-state index is 11.6. The number of carbonyl (C=O) groups excluding carboxylic acids is 1. The van der Waals surface area contributed by atoms with E-state index in [2.05, 4.69) is 15.0 Å². The fraction of sp³-hybridized carbons (Fsp3) is 0.0909. The average molecular weight is 284 g/mol. The number of carbonyl (C=O) groups is 1. The van der Waals surface area contributed by atoms with Crippen LogP contribution in [0, 0.1) is 0 Å². The van der Waals surface area contributed by atoms with E-state index < -0.39 is 11.5 Å². The molecule has 1 aromatic carbocycles. The van der Waals surface area contributed by atoms with E-state index in [1.165, 1.54) is 7.05 Å². The van der Waals surface area contributed by atoms with E-state index in [1.54, 1.807) is 24.3 Å². The number of H-pyrrole nitrogens is 1. The third kappa shape index (κ3) is 2.55. The molecule has 18 heavy (non-hydrogen) atoms. The summed E-state index contributed by atoms with van der Waals surface area (Å²) in [4.78, 5) is 23.1. The molecule has 94 valence electrons. The Morgan fingerprint density at radius 1 is 1.44 bits per heavy atom. The van der Waals surface area contributed by atoms with E-state index in [0.717, 1.165) is 11.5 Å². The van der Waals surface area contributed by atoms with Gasteiger partial charge in [0, 0.05) is 17.8 Å². The number of aromatic nitrogens is 1. The predicted molar refractivity (Wildman–Crippen MR) is 73.1 cm³/mol. The van der Waals surface area contributed by atoms with Gasteiger partial charge in [-0.2, -0.15) is 0 Å². The minimum Gasteiger partial charge on any atom is -0.355 e. The van der Waals surface area contributed by atoms with Crippen LogP contribution in [0.1, 0.15) is 10.4 Å². The van der Waals surface area contributed by atoms with Crippen LogP contribution >= 0.6 is 23.1 Å². The second kappa shape index (κ2) is 5.24. The molecule has 0 radical (unpaired) electrons. The van der Waals surface area contributed by atoms with Crippen LogP contribution in [0.3, 0.4) is 0 Å². The van der Waals surface area contributed by atoms with Crippen molar-refractivity contribution in [3.63, 3.8) is 0 Å². The van der Waals surface area contributed by atoms with Gasteiger partial charge in [-0.15, -0.1) is 0 Å². The molecule has 0 bridgehead atoms. The lowest BCUT2D eigenvalue weighted by molar-refractivity contribution is 0.0963. The Hall–Kier alpha value is -1.79. The van der Waals surface area contributed by atoms with Crippen LogP contribution in [0.5, 0.6) is 0 Å². The van der Waals surface area contributed by atoms with E-state index >= 15 is 0 Å². The molecule has 2 rings (SSSR count). The van der Waals surface area contributed by atoms with Gasteiger partial charge in [0.2, 0.25) is 0 Å². The molecular weight excluding hydrogens is 274 g/mol. The Morgan fingerprint density at radius 3 is 2.89 bits per heavy atom. The van der Waals surface area contributed by atoms with Crippen molar-refractivity contribution < 1.29 is 4.79 Å². The first kappa shape index (κ1) is 12.7. The van der Waals surface area contributed by atoms with Gasteiger partial charge in [0.25, 0.3) is 11.5 Å². The molecule has 1 heterocycles. The van der Waals surface area contributed by atoms with E-state index in [0.29, 0.717) is 15.7 Å². The Kier molecular flexibility index (Phi) is 3.69. The third-order valence-electron chi connectivity index (χ3n) is 2.24. The van der Waals surface area contributed by atoms with Crippen LogP contribution in [0.2, 0.25) is 5.02 Å². The molecule has 0 saturated carbocycles. The van der Waals surface area contributed by atoms with Gasteiger partial charge in [-0.1, -0.05) is 17.7 Å².